The van der Waals surface area contributed by atoms with Crippen LogP contribution in [0.1, 0.15) is 10.4 Å². The molecule has 1 aromatic heterocycles. The molecular weight excluding hydrogens is 296 g/mol. The highest BCUT2D eigenvalue weighted by atomic mass is 16.5. The molecule has 1 heterocycles. The Bertz CT molecular complexity index is 841. The van der Waals surface area contributed by atoms with Gasteiger partial charge < -0.3 is 18.6 Å². The Morgan fingerprint density at radius 3 is 2.22 bits per heavy atom. The fraction of sp³-hybridized carbons (Fsp3) is 0.167. The normalized spacial score (nSPS) is 10.6. The summed E-state index contributed by atoms with van der Waals surface area (Å²) in [6.45, 7) is 0. The van der Waals surface area contributed by atoms with Gasteiger partial charge in [-0.25, -0.2) is 4.79 Å². The van der Waals surface area contributed by atoms with E-state index in [0.29, 0.717) is 39.4 Å². The van der Waals surface area contributed by atoms with Crippen LogP contribution < -0.4 is 9.47 Å². The lowest BCUT2D eigenvalue weighted by atomic mass is 10.1. The molecule has 0 saturated carbocycles. The highest BCUT2D eigenvalue weighted by molar-refractivity contribution is 6.04. The lowest BCUT2D eigenvalue weighted by Crippen LogP contribution is -2.00. The van der Waals surface area contributed by atoms with Crippen LogP contribution >= 0.6 is 0 Å². The minimum Gasteiger partial charge on any atom is -0.496 e. The van der Waals surface area contributed by atoms with Gasteiger partial charge in [-0.2, -0.15) is 0 Å². The second kappa shape index (κ2) is 6.04. The van der Waals surface area contributed by atoms with Gasteiger partial charge in [-0.3, -0.25) is 0 Å². The van der Waals surface area contributed by atoms with Crippen LogP contribution in [0.4, 0.5) is 0 Å². The summed E-state index contributed by atoms with van der Waals surface area (Å²) in [6, 6.07) is 12.5. The third kappa shape index (κ3) is 2.50. The maximum atomic E-state index is 11.9. The molecule has 0 aliphatic carbocycles. The molecule has 2 aromatic carbocycles. The van der Waals surface area contributed by atoms with E-state index in [-0.39, 0.29) is 0 Å². The number of fused-ring (bicyclic) bond motifs is 1. The van der Waals surface area contributed by atoms with E-state index < -0.39 is 5.97 Å². The summed E-state index contributed by atoms with van der Waals surface area (Å²) < 4.78 is 21.5. The first-order valence-corrected chi connectivity index (χ1v) is 7.01. The first kappa shape index (κ1) is 15.0. The van der Waals surface area contributed by atoms with Gasteiger partial charge in [0.25, 0.3) is 0 Å². The molecule has 23 heavy (non-hydrogen) atoms. The Labute approximate surface area is 133 Å². The molecule has 118 valence electrons. The smallest absolute Gasteiger partial charge is 0.338 e. The Morgan fingerprint density at radius 1 is 0.957 bits per heavy atom. The highest BCUT2D eigenvalue weighted by Crippen LogP contribution is 2.41. The lowest BCUT2D eigenvalue weighted by Gasteiger charge is -2.10. The van der Waals surface area contributed by atoms with Crippen molar-refractivity contribution in [2.24, 2.45) is 0 Å². The van der Waals surface area contributed by atoms with Crippen LogP contribution in [0, 0.1) is 0 Å². The minimum absolute atomic E-state index is 0.407. The van der Waals surface area contributed by atoms with Crippen LogP contribution in [0.3, 0.4) is 0 Å². The zero-order chi connectivity index (χ0) is 16.4. The van der Waals surface area contributed by atoms with E-state index in [2.05, 4.69) is 0 Å². The van der Waals surface area contributed by atoms with E-state index >= 15 is 0 Å². The summed E-state index contributed by atoms with van der Waals surface area (Å²) in [5.74, 6) is 1.41. The fourth-order valence-electron chi connectivity index (χ4n) is 2.57. The molecule has 0 aliphatic rings. The van der Waals surface area contributed by atoms with Crippen molar-refractivity contribution < 1.29 is 23.4 Å². The number of rotatable bonds is 4. The minimum atomic E-state index is -0.407. The van der Waals surface area contributed by atoms with Gasteiger partial charge in [0.05, 0.1) is 26.9 Å². The molecule has 0 radical (unpaired) electrons. The molecule has 3 aromatic rings. The summed E-state index contributed by atoms with van der Waals surface area (Å²) in [5.41, 5.74) is 1.74. The number of carbonyl (C=O) groups is 1. The first-order valence-electron chi connectivity index (χ1n) is 7.01. The highest BCUT2D eigenvalue weighted by Gasteiger charge is 2.19. The number of benzene rings is 2. The quantitative estimate of drug-likeness (QED) is 0.684. The van der Waals surface area contributed by atoms with Crippen molar-refractivity contribution in [3.63, 3.8) is 0 Å². The van der Waals surface area contributed by atoms with Crippen molar-refractivity contribution in [3.8, 4) is 22.8 Å². The Balaban J connectivity index is 2.25. The topological polar surface area (TPSA) is 57.9 Å². The van der Waals surface area contributed by atoms with Gasteiger partial charge >= 0.3 is 5.97 Å². The molecule has 5 nitrogen and oxygen atoms in total. The largest absolute Gasteiger partial charge is 0.496 e. The van der Waals surface area contributed by atoms with E-state index in [1.807, 2.05) is 18.2 Å². The van der Waals surface area contributed by atoms with Crippen LogP contribution in [0.25, 0.3) is 22.3 Å². The number of carbonyl (C=O) groups excluding carboxylic acids is 1. The van der Waals surface area contributed by atoms with Crippen LogP contribution in [-0.4, -0.2) is 27.3 Å². The number of esters is 1. The van der Waals surface area contributed by atoms with Crippen LogP contribution in [0.15, 0.2) is 46.9 Å². The van der Waals surface area contributed by atoms with Crippen molar-refractivity contribution in [2.45, 2.75) is 0 Å². The van der Waals surface area contributed by atoms with Gasteiger partial charge in [-0.1, -0.05) is 12.1 Å². The van der Waals surface area contributed by atoms with Gasteiger partial charge in [0.1, 0.15) is 28.4 Å². The van der Waals surface area contributed by atoms with E-state index in [1.54, 1.807) is 38.5 Å². The Hall–Kier alpha value is -2.95. The van der Waals surface area contributed by atoms with Gasteiger partial charge in [-0.15, -0.1) is 0 Å². The molecule has 0 aliphatic heterocycles. The molecule has 0 saturated heterocycles. The van der Waals surface area contributed by atoms with Crippen molar-refractivity contribution in [2.75, 3.05) is 21.3 Å². The second-order valence-electron chi connectivity index (χ2n) is 4.86. The average Bonchev–Trinajstić information content (AvgIpc) is 3.03. The number of hydrogen-bond acceptors (Lipinski definition) is 5. The standard InChI is InChI=1S/C18H16O5/c1-20-14-8-5-9-15(21-2)17(14)16-10-12-11(18(19)22-3)6-4-7-13(12)23-16/h4-10H,1-3H3. The predicted octanol–water partition coefficient (Wildman–Crippen LogP) is 3.90. The monoisotopic (exact) mass is 312 g/mol. The van der Waals surface area contributed by atoms with Gasteiger partial charge in [-0.05, 0) is 30.3 Å². The molecule has 0 unspecified atom stereocenters. The number of methoxy groups -OCH3 is 3. The third-order valence-corrected chi connectivity index (χ3v) is 3.64. The van der Waals surface area contributed by atoms with E-state index in [1.165, 1.54) is 7.11 Å². The zero-order valence-electron chi connectivity index (χ0n) is 13.1. The molecule has 0 fully saturated rings. The first-order chi connectivity index (χ1) is 11.2. The molecule has 0 spiro atoms. The average molecular weight is 312 g/mol. The Morgan fingerprint density at radius 2 is 1.61 bits per heavy atom. The summed E-state index contributed by atoms with van der Waals surface area (Å²) >= 11 is 0. The maximum absolute atomic E-state index is 11.9. The summed E-state index contributed by atoms with van der Waals surface area (Å²) in [6.07, 6.45) is 0. The van der Waals surface area contributed by atoms with Crippen molar-refractivity contribution >= 4 is 16.9 Å². The molecule has 0 bridgehead atoms. The molecule has 0 atom stereocenters. The van der Waals surface area contributed by atoms with E-state index in [4.69, 9.17) is 18.6 Å². The van der Waals surface area contributed by atoms with E-state index in [9.17, 15) is 4.79 Å². The molecular formula is C18H16O5. The zero-order valence-corrected chi connectivity index (χ0v) is 13.1. The van der Waals surface area contributed by atoms with Gasteiger partial charge in [0.2, 0.25) is 0 Å². The third-order valence-electron chi connectivity index (χ3n) is 3.64. The summed E-state index contributed by atoms with van der Waals surface area (Å²) in [5, 5.41) is 0.683. The van der Waals surface area contributed by atoms with Crippen LogP contribution in [-0.2, 0) is 4.74 Å². The molecule has 0 N–H and O–H groups in total. The number of furan rings is 1. The molecule has 0 amide bonds. The van der Waals surface area contributed by atoms with Crippen molar-refractivity contribution in [3.05, 3.63) is 48.0 Å². The van der Waals surface area contributed by atoms with Crippen LogP contribution in [0.2, 0.25) is 0 Å². The number of hydrogen-bond donors (Lipinski definition) is 0. The van der Waals surface area contributed by atoms with E-state index in [0.717, 1.165) is 0 Å². The van der Waals surface area contributed by atoms with Gasteiger partial charge in [0.15, 0.2) is 0 Å². The van der Waals surface area contributed by atoms with Crippen LogP contribution in [0.5, 0.6) is 11.5 Å². The van der Waals surface area contributed by atoms with Crippen molar-refractivity contribution in [1.29, 1.82) is 0 Å². The maximum Gasteiger partial charge on any atom is 0.338 e. The second-order valence-corrected chi connectivity index (χ2v) is 4.86. The number of ether oxygens (including phenoxy) is 3. The molecule has 5 heteroatoms. The van der Waals surface area contributed by atoms with Crippen molar-refractivity contribution in [1.82, 2.24) is 0 Å². The fourth-order valence-corrected chi connectivity index (χ4v) is 2.57. The van der Waals surface area contributed by atoms with Gasteiger partial charge in [0, 0.05) is 5.39 Å². The molecule has 3 rings (SSSR count). The summed E-state index contributed by atoms with van der Waals surface area (Å²) in [4.78, 5) is 11.9. The SMILES string of the molecule is COC(=O)c1cccc2oc(-c3c(OC)cccc3OC)cc12. The lowest BCUT2D eigenvalue weighted by molar-refractivity contribution is 0.0603. The predicted molar refractivity (Wildman–Crippen MR) is 86.1 cm³/mol. The summed E-state index contributed by atoms with van der Waals surface area (Å²) in [7, 11) is 4.52. The Kier molecular flexibility index (Phi) is 3.93.